The number of rotatable bonds is 5. The predicted molar refractivity (Wildman–Crippen MR) is 57.2 cm³/mol. The predicted octanol–water partition coefficient (Wildman–Crippen LogP) is 1.49. The molecule has 1 N–H and O–H groups in total. The molecule has 0 saturated heterocycles. The Labute approximate surface area is 88.4 Å². The molecule has 0 amide bonds. The summed E-state index contributed by atoms with van der Waals surface area (Å²) in [4.78, 5) is 6.62. The molecule has 0 aromatic carbocycles. The number of hydrogen-bond acceptors (Lipinski definition) is 4. The lowest BCUT2D eigenvalue weighted by atomic mass is 9.91. The van der Waals surface area contributed by atoms with Gasteiger partial charge in [0.25, 0.3) is 0 Å². The van der Waals surface area contributed by atoms with Crippen LogP contribution in [0.15, 0.2) is 11.6 Å². The Balaban J connectivity index is 1.89. The number of nitrogens with zero attached hydrogens (tertiary/aromatic N) is 2. The lowest BCUT2D eigenvalue weighted by Gasteiger charge is -2.36. The highest BCUT2D eigenvalue weighted by Crippen LogP contribution is 2.26. The molecule has 0 radical (unpaired) electrons. The smallest absolute Gasteiger partial charge is 0.107 e. The quantitative estimate of drug-likeness (QED) is 0.803. The molecular weight excluding hydrogens is 196 g/mol. The fourth-order valence-corrected chi connectivity index (χ4v) is 2.42. The maximum atomic E-state index is 8.98. The second kappa shape index (κ2) is 4.87. The third-order valence-corrected chi connectivity index (χ3v) is 3.56. The largest absolute Gasteiger partial charge is 0.395 e. The van der Waals surface area contributed by atoms with Crippen molar-refractivity contribution in [3.8, 4) is 0 Å². The molecule has 14 heavy (non-hydrogen) atoms. The molecule has 0 aliphatic heterocycles. The van der Waals surface area contributed by atoms with E-state index in [0.29, 0.717) is 6.04 Å². The zero-order chi connectivity index (χ0) is 9.80. The molecule has 0 atom stereocenters. The van der Waals surface area contributed by atoms with E-state index < -0.39 is 0 Å². The molecule has 1 aliphatic rings. The van der Waals surface area contributed by atoms with E-state index in [0.717, 1.165) is 18.1 Å². The molecular formula is C10H16N2OS. The van der Waals surface area contributed by atoms with E-state index in [4.69, 9.17) is 5.11 Å². The number of aliphatic hydroxyl groups is 1. The Hall–Kier alpha value is -0.450. The van der Waals surface area contributed by atoms with Crippen molar-refractivity contribution in [3.05, 3.63) is 16.6 Å². The summed E-state index contributed by atoms with van der Waals surface area (Å²) in [6.45, 7) is 1.94. The van der Waals surface area contributed by atoms with Gasteiger partial charge in [0.2, 0.25) is 0 Å². The van der Waals surface area contributed by atoms with Crippen LogP contribution in [-0.4, -0.2) is 34.2 Å². The van der Waals surface area contributed by atoms with Gasteiger partial charge in [-0.3, -0.25) is 4.90 Å². The molecule has 1 aromatic rings. The second-order valence-corrected chi connectivity index (χ2v) is 4.68. The van der Waals surface area contributed by atoms with E-state index in [9.17, 15) is 0 Å². The molecule has 1 heterocycles. The Morgan fingerprint density at radius 3 is 2.93 bits per heavy atom. The van der Waals surface area contributed by atoms with Crippen LogP contribution in [0, 0.1) is 0 Å². The van der Waals surface area contributed by atoms with E-state index in [1.54, 1.807) is 11.3 Å². The SMILES string of the molecule is OCCN(Cc1nccs1)C1CCC1. The minimum atomic E-state index is 0.252. The number of aliphatic hydroxyl groups excluding tert-OH is 1. The van der Waals surface area contributed by atoms with Crippen LogP contribution in [-0.2, 0) is 6.54 Å². The summed E-state index contributed by atoms with van der Waals surface area (Å²) in [6, 6.07) is 0.686. The first kappa shape index (κ1) is 10.1. The average molecular weight is 212 g/mol. The monoisotopic (exact) mass is 212 g/mol. The molecule has 2 rings (SSSR count). The maximum absolute atomic E-state index is 8.98. The molecule has 1 fully saturated rings. The van der Waals surface area contributed by atoms with Crippen molar-refractivity contribution >= 4 is 11.3 Å². The molecule has 0 bridgehead atoms. The zero-order valence-electron chi connectivity index (χ0n) is 8.22. The van der Waals surface area contributed by atoms with Gasteiger partial charge in [0, 0.05) is 24.2 Å². The first-order valence-corrected chi connectivity index (χ1v) is 6.01. The molecule has 3 nitrogen and oxygen atoms in total. The van der Waals surface area contributed by atoms with E-state index in [1.165, 1.54) is 19.3 Å². The summed E-state index contributed by atoms with van der Waals surface area (Å²) in [5, 5.41) is 12.1. The number of hydrogen-bond donors (Lipinski definition) is 1. The summed E-state index contributed by atoms with van der Waals surface area (Å²) < 4.78 is 0. The molecule has 0 spiro atoms. The van der Waals surface area contributed by atoms with Gasteiger partial charge in [-0.1, -0.05) is 6.42 Å². The summed E-state index contributed by atoms with van der Waals surface area (Å²) in [6.07, 6.45) is 5.75. The van der Waals surface area contributed by atoms with Crippen LogP contribution in [0.3, 0.4) is 0 Å². The van der Waals surface area contributed by atoms with Crippen LogP contribution in [0.1, 0.15) is 24.3 Å². The van der Waals surface area contributed by atoms with Gasteiger partial charge in [-0.25, -0.2) is 4.98 Å². The van der Waals surface area contributed by atoms with Gasteiger partial charge in [0.15, 0.2) is 0 Å². The summed E-state index contributed by atoms with van der Waals surface area (Å²) in [5.74, 6) is 0. The molecule has 78 valence electrons. The van der Waals surface area contributed by atoms with Crippen LogP contribution < -0.4 is 0 Å². The molecule has 1 saturated carbocycles. The van der Waals surface area contributed by atoms with Gasteiger partial charge in [0.05, 0.1) is 13.2 Å². The topological polar surface area (TPSA) is 36.4 Å². The third kappa shape index (κ3) is 2.32. The normalized spacial score (nSPS) is 17.3. The lowest BCUT2D eigenvalue weighted by Crippen LogP contribution is -2.41. The molecule has 1 aliphatic carbocycles. The summed E-state index contributed by atoms with van der Waals surface area (Å²) >= 11 is 1.69. The Bertz CT molecular complexity index is 259. The van der Waals surface area contributed by atoms with Crippen molar-refractivity contribution in [2.24, 2.45) is 0 Å². The molecule has 0 unspecified atom stereocenters. The minimum Gasteiger partial charge on any atom is -0.395 e. The summed E-state index contributed by atoms with van der Waals surface area (Å²) in [7, 11) is 0. The Morgan fingerprint density at radius 1 is 1.57 bits per heavy atom. The number of thiazole rings is 1. The van der Waals surface area contributed by atoms with Gasteiger partial charge >= 0.3 is 0 Å². The fraction of sp³-hybridized carbons (Fsp3) is 0.700. The van der Waals surface area contributed by atoms with Crippen molar-refractivity contribution in [2.45, 2.75) is 31.8 Å². The van der Waals surface area contributed by atoms with Crippen LogP contribution >= 0.6 is 11.3 Å². The van der Waals surface area contributed by atoms with E-state index in [-0.39, 0.29) is 6.61 Å². The van der Waals surface area contributed by atoms with Gasteiger partial charge in [-0.15, -0.1) is 11.3 Å². The van der Waals surface area contributed by atoms with Gasteiger partial charge in [0.1, 0.15) is 5.01 Å². The average Bonchev–Trinajstić information content (AvgIpc) is 2.54. The highest BCUT2D eigenvalue weighted by atomic mass is 32.1. The van der Waals surface area contributed by atoms with E-state index >= 15 is 0 Å². The van der Waals surface area contributed by atoms with Crippen LogP contribution in [0.4, 0.5) is 0 Å². The first-order chi connectivity index (χ1) is 6.90. The van der Waals surface area contributed by atoms with Crippen molar-refractivity contribution in [1.29, 1.82) is 0 Å². The number of aromatic nitrogens is 1. The van der Waals surface area contributed by atoms with Crippen LogP contribution in [0.2, 0.25) is 0 Å². The maximum Gasteiger partial charge on any atom is 0.107 e. The standard InChI is InChI=1S/C10H16N2OS/c13-6-5-12(9-2-1-3-9)8-10-11-4-7-14-10/h4,7,9,13H,1-3,5-6,8H2. The van der Waals surface area contributed by atoms with Gasteiger partial charge in [-0.2, -0.15) is 0 Å². The summed E-state index contributed by atoms with van der Waals surface area (Å²) in [5.41, 5.74) is 0. The van der Waals surface area contributed by atoms with E-state index in [1.807, 2.05) is 11.6 Å². The molecule has 4 heteroatoms. The first-order valence-electron chi connectivity index (χ1n) is 5.13. The van der Waals surface area contributed by atoms with Crippen molar-refractivity contribution in [1.82, 2.24) is 9.88 Å². The van der Waals surface area contributed by atoms with Crippen LogP contribution in [0.5, 0.6) is 0 Å². The molecule has 1 aromatic heterocycles. The minimum absolute atomic E-state index is 0.252. The fourth-order valence-electron chi connectivity index (χ4n) is 1.78. The van der Waals surface area contributed by atoms with Crippen molar-refractivity contribution in [2.75, 3.05) is 13.2 Å². The second-order valence-electron chi connectivity index (χ2n) is 3.70. The van der Waals surface area contributed by atoms with Gasteiger partial charge < -0.3 is 5.11 Å². The zero-order valence-corrected chi connectivity index (χ0v) is 9.04. The van der Waals surface area contributed by atoms with E-state index in [2.05, 4.69) is 9.88 Å². The van der Waals surface area contributed by atoms with Gasteiger partial charge in [-0.05, 0) is 12.8 Å². The highest BCUT2D eigenvalue weighted by molar-refractivity contribution is 7.09. The van der Waals surface area contributed by atoms with Crippen molar-refractivity contribution in [3.63, 3.8) is 0 Å². The third-order valence-electron chi connectivity index (χ3n) is 2.80. The Kier molecular flexibility index (Phi) is 3.50. The highest BCUT2D eigenvalue weighted by Gasteiger charge is 2.24. The van der Waals surface area contributed by atoms with Crippen molar-refractivity contribution < 1.29 is 5.11 Å². The lowest BCUT2D eigenvalue weighted by molar-refractivity contribution is 0.0945. The van der Waals surface area contributed by atoms with Crippen LogP contribution in [0.25, 0.3) is 0 Å². The Morgan fingerprint density at radius 2 is 2.43 bits per heavy atom.